The van der Waals surface area contributed by atoms with Crippen LogP contribution in [0.3, 0.4) is 0 Å². The molecule has 1 heterocycles. The van der Waals surface area contributed by atoms with E-state index in [1.165, 1.54) is 0 Å². The summed E-state index contributed by atoms with van der Waals surface area (Å²) >= 11 is 0. The fourth-order valence-electron chi connectivity index (χ4n) is 1.76. The van der Waals surface area contributed by atoms with Crippen molar-refractivity contribution in [2.45, 2.75) is 6.54 Å². The fraction of sp³-hybridized carbons (Fsp3) is 0.154. The van der Waals surface area contributed by atoms with Gasteiger partial charge in [0.1, 0.15) is 13.1 Å². The molecule has 18 heavy (non-hydrogen) atoms. The van der Waals surface area contributed by atoms with E-state index in [9.17, 15) is 4.79 Å². The van der Waals surface area contributed by atoms with E-state index in [1.807, 2.05) is 18.2 Å². The van der Waals surface area contributed by atoms with Gasteiger partial charge < -0.3 is 9.88 Å². The first-order valence-corrected chi connectivity index (χ1v) is 5.37. The molecule has 0 aliphatic heterocycles. The molecule has 1 amide bonds. The summed E-state index contributed by atoms with van der Waals surface area (Å²) < 4.78 is 1.78. The minimum Gasteiger partial charge on any atom is -0.341 e. The first-order valence-electron chi connectivity index (χ1n) is 5.37. The average Bonchev–Trinajstić information content (AvgIpc) is 2.78. The highest BCUT2D eigenvalue weighted by molar-refractivity contribution is 5.84. The third-order valence-electron chi connectivity index (χ3n) is 2.58. The van der Waals surface area contributed by atoms with E-state index >= 15 is 0 Å². The highest BCUT2D eigenvalue weighted by Gasteiger charge is 2.06. The van der Waals surface area contributed by atoms with Gasteiger partial charge in [0.2, 0.25) is 5.91 Å². The van der Waals surface area contributed by atoms with Crippen molar-refractivity contribution in [2.24, 2.45) is 0 Å². The van der Waals surface area contributed by atoms with Gasteiger partial charge >= 0.3 is 0 Å². The monoisotopic (exact) mass is 238 g/mol. The van der Waals surface area contributed by atoms with Crippen molar-refractivity contribution >= 4 is 16.8 Å². The van der Waals surface area contributed by atoms with Crippen LogP contribution in [0.15, 0.2) is 30.5 Å². The van der Waals surface area contributed by atoms with E-state index in [4.69, 9.17) is 10.5 Å². The van der Waals surface area contributed by atoms with Crippen LogP contribution in [-0.2, 0) is 11.3 Å². The lowest BCUT2D eigenvalue weighted by Crippen LogP contribution is -2.27. The Kier molecular flexibility index (Phi) is 3.26. The molecular formula is C13H10N4O. The third kappa shape index (κ3) is 2.31. The Balaban J connectivity index is 2.23. The molecule has 88 valence electrons. The summed E-state index contributed by atoms with van der Waals surface area (Å²) in [6.07, 6.45) is 1.79. The zero-order chi connectivity index (χ0) is 13.0. The molecule has 2 aromatic rings. The maximum absolute atomic E-state index is 11.5. The van der Waals surface area contributed by atoms with Crippen molar-refractivity contribution in [1.29, 1.82) is 10.5 Å². The number of hydrogen-bond donors (Lipinski definition) is 1. The third-order valence-corrected chi connectivity index (χ3v) is 2.58. The van der Waals surface area contributed by atoms with E-state index in [2.05, 4.69) is 11.4 Å². The number of hydrogen-bond acceptors (Lipinski definition) is 3. The molecule has 2 rings (SSSR count). The van der Waals surface area contributed by atoms with Crippen LogP contribution < -0.4 is 5.32 Å². The van der Waals surface area contributed by atoms with Crippen molar-refractivity contribution in [1.82, 2.24) is 9.88 Å². The molecule has 1 N–H and O–H groups in total. The van der Waals surface area contributed by atoms with Crippen LogP contribution in [0, 0.1) is 22.7 Å². The highest BCUT2D eigenvalue weighted by atomic mass is 16.1. The molecule has 0 unspecified atom stereocenters. The Hall–Kier alpha value is -2.79. The second kappa shape index (κ2) is 5.03. The Morgan fingerprint density at radius 1 is 1.33 bits per heavy atom. The van der Waals surface area contributed by atoms with Crippen molar-refractivity contribution < 1.29 is 4.79 Å². The van der Waals surface area contributed by atoms with E-state index in [0.29, 0.717) is 5.56 Å². The van der Waals surface area contributed by atoms with Crippen molar-refractivity contribution in [3.63, 3.8) is 0 Å². The van der Waals surface area contributed by atoms with Gasteiger partial charge in [-0.2, -0.15) is 10.5 Å². The molecule has 0 atom stereocenters. The number of amides is 1. The van der Waals surface area contributed by atoms with Crippen LogP contribution in [0.4, 0.5) is 0 Å². The van der Waals surface area contributed by atoms with Gasteiger partial charge in [0, 0.05) is 17.1 Å². The number of nitrogens with zero attached hydrogens (tertiary/aromatic N) is 3. The summed E-state index contributed by atoms with van der Waals surface area (Å²) in [5.74, 6) is -0.210. The number of nitriles is 2. The maximum Gasteiger partial charge on any atom is 0.240 e. The molecule has 0 saturated carbocycles. The van der Waals surface area contributed by atoms with Gasteiger partial charge in [-0.05, 0) is 24.3 Å². The second-order valence-corrected chi connectivity index (χ2v) is 3.76. The van der Waals surface area contributed by atoms with Gasteiger partial charge in [-0.15, -0.1) is 0 Å². The molecule has 0 fully saturated rings. The van der Waals surface area contributed by atoms with E-state index in [-0.39, 0.29) is 19.0 Å². The van der Waals surface area contributed by atoms with Gasteiger partial charge in [0.25, 0.3) is 0 Å². The smallest absolute Gasteiger partial charge is 0.240 e. The minimum atomic E-state index is -0.210. The molecule has 0 saturated heterocycles. The van der Waals surface area contributed by atoms with Crippen molar-refractivity contribution in [3.8, 4) is 12.1 Å². The molecular weight excluding hydrogens is 228 g/mol. The van der Waals surface area contributed by atoms with Crippen LogP contribution in [0.1, 0.15) is 5.56 Å². The lowest BCUT2D eigenvalue weighted by molar-refractivity contribution is -0.121. The van der Waals surface area contributed by atoms with Gasteiger partial charge in [-0.3, -0.25) is 4.79 Å². The van der Waals surface area contributed by atoms with Crippen LogP contribution in [0.25, 0.3) is 10.9 Å². The first-order chi connectivity index (χ1) is 8.74. The summed E-state index contributed by atoms with van der Waals surface area (Å²) in [7, 11) is 0. The van der Waals surface area contributed by atoms with E-state index in [1.54, 1.807) is 22.9 Å². The zero-order valence-corrected chi connectivity index (χ0v) is 9.55. The summed E-state index contributed by atoms with van der Waals surface area (Å²) in [6.45, 7) is 0.174. The maximum atomic E-state index is 11.5. The number of carbonyl (C=O) groups excluding carboxylic acids is 1. The van der Waals surface area contributed by atoms with Crippen LogP contribution >= 0.6 is 0 Å². The van der Waals surface area contributed by atoms with Crippen molar-refractivity contribution in [2.75, 3.05) is 6.54 Å². The Bertz CT molecular complexity index is 672. The number of benzene rings is 1. The van der Waals surface area contributed by atoms with Gasteiger partial charge in [0.15, 0.2) is 0 Å². The topological polar surface area (TPSA) is 81.6 Å². The molecule has 0 spiro atoms. The molecule has 1 aromatic carbocycles. The Morgan fingerprint density at radius 3 is 2.89 bits per heavy atom. The number of aromatic nitrogens is 1. The lowest BCUT2D eigenvalue weighted by atomic mass is 10.2. The van der Waals surface area contributed by atoms with Crippen molar-refractivity contribution in [3.05, 3.63) is 36.0 Å². The molecule has 0 aliphatic carbocycles. The van der Waals surface area contributed by atoms with Gasteiger partial charge in [-0.25, -0.2) is 0 Å². The van der Waals surface area contributed by atoms with Crippen LogP contribution in [0.2, 0.25) is 0 Å². The second-order valence-electron chi connectivity index (χ2n) is 3.76. The number of carbonyl (C=O) groups is 1. The molecule has 5 nitrogen and oxygen atoms in total. The number of fused-ring (bicyclic) bond motifs is 1. The Labute approximate surface area is 104 Å². The molecule has 0 radical (unpaired) electrons. The standard InChI is InChI=1S/C13H10N4O/c14-4-5-16-13(18)9-17-6-3-11-7-10(8-15)1-2-12(11)17/h1-3,6-7H,5,9H2,(H,16,18). The number of rotatable bonds is 3. The average molecular weight is 238 g/mol. The van der Waals surface area contributed by atoms with Gasteiger partial charge in [0.05, 0.1) is 17.7 Å². The molecule has 0 aliphatic rings. The normalized spacial score (nSPS) is 9.67. The summed E-state index contributed by atoms with van der Waals surface area (Å²) in [5.41, 5.74) is 1.48. The fourth-order valence-corrected chi connectivity index (χ4v) is 1.76. The Morgan fingerprint density at radius 2 is 2.17 bits per heavy atom. The van der Waals surface area contributed by atoms with Crippen LogP contribution in [-0.4, -0.2) is 17.0 Å². The quantitative estimate of drug-likeness (QED) is 0.814. The lowest BCUT2D eigenvalue weighted by Gasteiger charge is -2.04. The zero-order valence-electron chi connectivity index (χ0n) is 9.55. The first kappa shape index (κ1) is 11.7. The molecule has 5 heteroatoms. The number of nitrogens with one attached hydrogen (secondary N) is 1. The minimum absolute atomic E-state index is 0.0105. The predicted octanol–water partition coefficient (Wildman–Crippen LogP) is 1.15. The van der Waals surface area contributed by atoms with Crippen LogP contribution in [0.5, 0.6) is 0 Å². The predicted molar refractivity (Wildman–Crippen MR) is 65.3 cm³/mol. The SMILES string of the molecule is N#CCNC(=O)Cn1ccc2cc(C#N)ccc21. The van der Waals surface area contributed by atoms with E-state index < -0.39 is 0 Å². The summed E-state index contributed by atoms with van der Waals surface area (Å²) in [4.78, 5) is 11.5. The van der Waals surface area contributed by atoms with E-state index in [0.717, 1.165) is 10.9 Å². The summed E-state index contributed by atoms with van der Waals surface area (Å²) in [6, 6.07) is 11.1. The van der Waals surface area contributed by atoms with Gasteiger partial charge in [-0.1, -0.05) is 0 Å². The largest absolute Gasteiger partial charge is 0.341 e. The highest BCUT2D eigenvalue weighted by Crippen LogP contribution is 2.17. The molecule has 0 bridgehead atoms. The molecule has 1 aromatic heterocycles. The summed E-state index contributed by atoms with van der Waals surface area (Å²) in [5, 5.41) is 20.6.